The van der Waals surface area contributed by atoms with Crippen molar-refractivity contribution in [2.45, 2.75) is 25.1 Å². The van der Waals surface area contributed by atoms with Crippen molar-refractivity contribution in [2.75, 3.05) is 18.0 Å². The van der Waals surface area contributed by atoms with Crippen LogP contribution < -0.4 is 4.90 Å². The van der Waals surface area contributed by atoms with Crippen LogP contribution in [-0.4, -0.2) is 18.2 Å². The van der Waals surface area contributed by atoms with E-state index in [2.05, 4.69) is 4.90 Å². The zero-order valence-corrected chi connectivity index (χ0v) is 12.8. The van der Waals surface area contributed by atoms with Crippen molar-refractivity contribution in [3.05, 3.63) is 65.2 Å². The maximum atomic E-state index is 12.6. The minimum absolute atomic E-state index is 0.376. The number of β-amino-alcohol motifs (C(OH)–C–C–N with tert-alkyl or cyclic N) is 1. The number of benzene rings is 2. The molecule has 1 heterocycles. The molecule has 0 amide bonds. The number of alkyl halides is 3. The van der Waals surface area contributed by atoms with E-state index in [1.807, 2.05) is 31.2 Å². The number of aliphatic hydroxyl groups is 1. The molecule has 3 rings (SSSR count). The standard InChI is InChI=1S/C18H18F3NO/c1-13-2-8-16(9-3-13)22-11-10-17(23,12-22)14-4-6-15(7-5-14)18(19,20)21/h2-9,23H,10-12H2,1H3. The molecule has 5 heteroatoms. The van der Waals surface area contributed by atoms with E-state index in [1.54, 1.807) is 0 Å². The van der Waals surface area contributed by atoms with E-state index < -0.39 is 17.3 Å². The normalized spacial score (nSPS) is 21.7. The van der Waals surface area contributed by atoms with Gasteiger partial charge < -0.3 is 10.0 Å². The first kappa shape index (κ1) is 15.9. The first-order valence-electron chi connectivity index (χ1n) is 7.50. The summed E-state index contributed by atoms with van der Waals surface area (Å²) in [6, 6.07) is 12.8. The minimum Gasteiger partial charge on any atom is -0.383 e. The summed E-state index contributed by atoms with van der Waals surface area (Å²) in [5.74, 6) is 0. The average molecular weight is 321 g/mol. The molecule has 1 aliphatic rings. The second kappa shape index (κ2) is 5.57. The van der Waals surface area contributed by atoms with Crippen molar-refractivity contribution in [2.24, 2.45) is 0 Å². The van der Waals surface area contributed by atoms with Crippen molar-refractivity contribution in [3.63, 3.8) is 0 Å². The molecule has 0 spiro atoms. The highest BCUT2D eigenvalue weighted by Crippen LogP contribution is 2.36. The summed E-state index contributed by atoms with van der Waals surface area (Å²) in [5, 5.41) is 10.8. The number of hydrogen-bond acceptors (Lipinski definition) is 2. The fourth-order valence-electron chi connectivity index (χ4n) is 2.97. The monoisotopic (exact) mass is 321 g/mol. The third-order valence-electron chi connectivity index (χ3n) is 4.40. The highest BCUT2D eigenvalue weighted by molar-refractivity contribution is 5.50. The Balaban J connectivity index is 1.79. The lowest BCUT2D eigenvalue weighted by atomic mass is 9.92. The lowest BCUT2D eigenvalue weighted by Gasteiger charge is -2.25. The Morgan fingerprint density at radius 2 is 1.61 bits per heavy atom. The SMILES string of the molecule is Cc1ccc(N2CCC(O)(c3ccc(C(F)(F)F)cc3)C2)cc1. The molecule has 1 unspecified atom stereocenters. The largest absolute Gasteiger partial charge is 0.416 e. The number of rotatable bonds is 2. The number of aryl methyl sites for hydroxylation is 1. The number of halogens is 3. The van der Waals surface area contributed by atoms with Crippen LogP contribution >= 0.6 is 0 Å². The fourth-order valence-corrected chi connectivity index (χ4v) is 2.97. The van der Waals surface area contributed by atoms with Gasteiger partial charge >= 0.3 is 6.18 Å². The summed E-state index contributed by atoms with van der Waals surface area (Å²) in [7, 11) is 0. The summed E-state index contributed by atoms with van der Waals surface area (Å²) in [6.07, 6.45) is -3.86. The molecule has 1 N–H and O–H groups in total. The van der Waals surface area contributed by atoms with Gasteiger partial charge in [0.15, 0.2) is 0 Å². The van der Waals surface area contributed by atoms with Crippen LogP contribution in [0.2, 0.25) is 0 Å². The summed E-state index contributed by atoms with van der Waals surface area (Å²) >= 11 is 0. The number of hydrogen-bond donors (Lipinski definition) is 1. The molecule has 1 fully saturated rings. The molecule has 1 saturated heterocycles. The van der Waals surface area contributed by atoms with E-state index >= 15 is 0 Å². The molecule has 0 bridgehead atoms. The molecule has 122 valence electrons. The van der Waals surface area contributed by atoms with E-state index in [9.17, 15) is 18.3 Å². The number of anilines is 1. The quantitative estimate of drug-likeness (QED) is 0.900. The van der Waals surface area contributed by atoms with E-state index in [-0.39, 0.29) is 0 Å². The van der Waals surface area contributed by atoms with Crippen molar-refractivity contribution in [3.8, 4) is 0 Å². The van der Waals surface area contributed by atoms with Crippen LogP contribution in [0.15, 0.2) is 48.5 Å². The Kier molecular flexibility index (Phi) is 3.84. The molecule has 23 heavy (non-hydrogen) atoms. The molecule has 0 radical (unpaired) electrons. The lowest BCUT2D eigenvalue weighted by Crippen LogP contribution is -2.30. The van der Waals surface area contributed by atoms with Crippen LogP contribution in [0, 0.1) is 6.92 Å². The molecule has 2 nitrogen and oxygen atoms in total. The smallest absolute Gasteiger partial charge is 0.383 e. The molecular weight excluding hydrogens is 303 g/mol. The first-order valence-corrected chi connectivity index (χ1v) is 7.50. The van der Waals surface area contributed by atoms with E-state index in [0.717, 1.165) is 23.4 Å². The van der Waals surface area contributed by atoms with Crippen LogP contribution in [-0.2, 0) is 11.8 Å². The topological polar surface area (TPSA) is 23.5 Å². The Morgan fingerprint density at radius 1 is 1.00 bits per heavy atom. The number of nitrogens with zero attached hydrogens (tertiary/aromatic N) is 1. The predicted octanol–water partition coefficient (Wildman–Crippen LogP) is 4.11. The van der Waals surface area contributed by atoms with Gasteiger partial charge in [-0.2, -0.15) is 13.2 Å². The Bertz CT molecular complexity index is 679. The third kappa shape index (κ3) is 3.20. The summed E-state index contributed by atoms with van der Waals surface area (Å²) in [4.78, 5) is 2.05. The lowest BCUT2D eigenvalue weighted by molar-refractivity contribution is -0.137. The molecule has 1 aliphatic heterocycles. The van der Waals surface area contributed by atoms with Gasteiger partial charge in [-0.05, 0) is 43.2 Å². The van der Waals surface area contributed by atoms with Crippen LogP contribution in [0.1, 0.15) is 23.1 Å². The summed E-state index contributed by atoms with van der Waals surface area (Å²) < 4.78 is 37.9. The van der Waals surface area contributed by atoms with Gasteiger partial charge in [-0.25, -0.2) is 0 Å². The zero-order chi connectivity index (χ0) is 16.7. The second-order valence-electron chi connectivity index (χ2n) is 6.11. The van der Waals surface area contributed by atoms with Crippen LogP contribution in [0.3, 0.4) is 0 Å². The minimum atomic E-state index is -4.36. The van der Waals surface area contributed by atoms with Crippen LogP contribution in [0.4, 0.5) is 18.9 Å². The summed E-state index contributed by atoms with van der Waals surface area (Å²) in [5.41, 5.74) is 0.886. The first-order chi connectivity index (χ1) is 10.8. The molecular formula is C18H18F3NO. The molecule has 0 aliphatic carbocycles. The Labute approximate surface area is 133 Å². The van der Waals surface area contributed by atoms with Gasteiger partial charge in [-0.3, -0.25) is 0 Å². The van der Waals surface area contributed by atoms with Gasteiger partial charge in [0.1, 0.15) is 5.60 Å². The fraction of sp³-hybridized carbons (Fsp3) is 0.333. The molecule has 2 aromatic rings. The summed E-state index contributed by atoms with van der Waals surface area (Å²) in [6.45, 7) is 3.05. The maximum Gasteiger partial charge on any atom is 0.416 e. The molecule has 0 saturated carbocycles. The predicted molar refractivity (Wildman–Crippen MR) is 83.3 cm³/mol. The van der Waals surface area contributed by atoms with Crippen LogP contribution in [0.25, 0.3) is 0 Å². The second-order valence-corrected chi connectivity index (χ2v) is 6.11. The van der Waals surface area contributed by atoms with Crippen molar-refractivity contribution < 1.29 is 18.3 Å². The van der Waals surface area contributed by atoms with Gasteiger partial charge in [-0.1, -0.05) is 29.8 Å². The Hall–Kier alpha value is -2.01. The van der Waals surface area contributed by atoms with Gasteiger partial charge in [0.25, 0.3) is 0 Å². The van der Waals surface area contributed by atoms with Crippen LogP contribution in [0.5, 0.6) is 0 Å². The van der Waals surface area contributed by atoms with E-state index in [0.29, 0.717) is 25.1 Å². The highest BCUT2D eigenvalue weighted by Gasteiger charge is 2.38. The molecule has 1 atom stereocenters. The average Bonchev–Trinajstić information content (AvgIpc) is 2.91. The van der Waals surface area contributed by atoms with E-state index in [4.69, 9.17) is 0 Å². The molecule has 0 aromatic heterocycles. The van der Waals surface area contributed by atoms with Gasteiger partial charge in [0.2, 0.25) is 0 Å². The van der Waals surface area contributed by atoms with Crippen molar-refractivity contribution >= 4 is 5.69 Å². The van der Waals surface area contributed by atoms with Gasteiger partial charge in [0.05, 0.1) is 12.1 Å². The molecule has 2 aromatic carbocycles. The van der Waals surface area contributed by atoms with Gasteiger partial charge in [0, 0.05) is 12.2 Å². The Morgan fingerprint density at radius 3 is 2.17 bits per heavy atom. The van der Waals surface area contributed by atoms with Crippen molar-refractivity contribution in [1.82, 2.24) is 0 Å². The van der Waals surface area contributed by atoms with E-state index in [1.165, 1.54) is 12.1 Å². The third-order valence-corrected chi connectivity index (χ3v) is 4.40. The highest BCUT2D eigenvalue weighted by atomic mass is 19.4. The van der Waals surface area contributed by atoms with Crippen molar-refractivity contribution in [1.29, 1.82) is 0 Å². The zero-order valence-electron chi connectivity index (χ0n) is 12.8. The maximum absolute atomic E-state index is 12.6. The van der Waals surface area contributed by atoms with Gasteiger partial charge in [-0.15, -0.1) is 0 Å².